The van der Waals surface area contributed by atoms with E-state index in [9.17, 15) is 4.79 Å². The highest BCUT2D eigenvalue weighted by atomic mass is 32.2. The van der Waals surface area contributed by atoms with Crippen LogP contribution < -0.4 is 0 Å². The number of rotatable bonds is 8. The Hall–Kier alpha value is -1.76. The van der Waals surface area contributed by atoms with Crippen LogP contribution in [0.2, 0.25) is 0 Å². The number of thioether (sulfide) groups is 1. The molecule has 124 valence electrons. The largest absolute Gasteiger partial charge is 0.467 e. The highest BCUT2D eigenvalue weighted by Gasteiger charge is 2.30. The van der Waals surface area contributed by atoms with Crippen LogP contribution in [0.4, 0.5) is 0 Å². The summed E-state index contributed by atoms with van der Waals surface area (Å²) in [7, 11) is 0. The average Bonchev–Trinajstić information content (AvgIpc) is 3.06. The molecule has 0 aliphatic heterocycles. The predicted octanol–water partition coefficient (Wildman–Crippen LogP) is 3.23. The molecule has 0 saturated heterocycles. The van der Waals surface area contributed by atoms with Gasteiger partial charge in [-0.25, -0.2) is 0 Å². The first-order chi connectivity index (χ1) is 11.1. The van der Waals surface area contributed by atoms with Crippen LogP contribution in [-0.2, 0) is 16.1 Å². The van der Waals surface area contributed by atoms with Crippen molar-refractivity contribution in [2.45, 2.75) is 56.8 Å². The van der Waals surface area contributed by atoms with Crippen LogP contribution in [-0.4, -0.2) is 32.6 Å². The van der Waals surface area contributed by atoms with Gasteiger partial charge in [0.05, 0.1) is 25.3 Å². The van der Waals surface area contributed by atoms with E-state index >= 15 is 0 Å². The molecule has 1 saturated carbocycles. The minimum Gasteiger partial charge on any atom is -0.467 e. The van der Waals surface area contributed by atoms with Crippen LogP contribution in [0.5, 0.6) is 0 Å². The fraction of sp³-hybridized carbons (Fsp3) is 0.562. The average molecular weight is 335 g/mol. The summed E-state index contributed by atoms with van der Waals surface area (Å²) >= 11 is 1.54. The molecule has 0 amide bonds. The predicted molar refractivity (Wildman–Crippen MR) is 86.4 cm³/mol. The molecule has 0 radical (unpaired) electrons. The van der Waals surface area contributed by atoms with Crippen molar-refractivity contribution in [3.8, 4) is 0 Å². The number of esters is 1. The maximum Gasteiger partial charge on any atom is 0.306 e. The van der Waals surface area contributed by atoms with Gasteiger partial charge in [0.25, 0.3) is 0 Å². The summed E-state index contributed by atoms with van der Waals surface area (Å²) in [5.74, 6) is 2.87. The second-order valence-electron chi connectivity index (χ2n) is 5.92. The number of carbonyl (C=O) groups excluding carboxylic acids is 1. The maximum atomic E-state index is 11.6. The summed E-state index contributed by atoms with van der Waals surface area (Å²) in [6.07, 6.45) is 4.31. The zero-order chi connectivity index (χ0) is 16.2. The minimum atomic E-state index is -0.174. The third-order valence-corrected chi connectivity index (χ3v) is 4.45. The smallest absolute Gasteiger partial charge is 0.306 e. The Morgan fingerprint density at radius 1 is 1.48 bits per heavy atom. The lowest BCUT2D eigenvalue weighted by Crippen LogP contribution is -2.12. The van der Waals surface area contributed by atoms with Gasteiger partial charge in [0, 0.05) is 11.7 Å². The van der Waals surface area contributed by atoms with Gasteiger partial charge in [-0.05, 0) is 38.8 Å². The molecule has 0 aromatic carbocycles. The second-order valence-corrected chi connectivity index (χ2v) is 6.98. The van der Waals surface area contributed by atoms with Gasteiger partial charge >= 0.3 is 5.97 Å². The molecule has 0 atom stereocenters. The molecule has 0 unspecified atom stereocenters. The lowest BCUT2D eigenvalue weighted by molar-refractivity contribution is -0.146. The lowest BCUT2D eigenvalue weighted by Gasteiger charge is -2.09. The Bertz CT molecular complexity index is 648. The third kappa shape index (κ3) is 4.37. The van der Waals surface area contributed by atoms with E-state index in [1.54, 1.807) is 6.26 Å². The standard InChI is InChI=1S/C16H21N3O3S/c1-11(2)22-14(20)7-9-23-16-18-17-15(12-5-6-12)19(16)10-13-4-3-8-21-13/h3-4,8,11-12H,5-7,9-10H2,1-2H3. The van der Waals surface area contributed by atoms with Crippen LogP contribution >= 0.6 is 11.8 Å². The molecule has 0 spiro atoms. The van der Waals surface area contributed by atoms with Gasteiger partial charge < -0.3 is 9.15 Å². The van der Waals surface area contributed by atoms with Gasteiger partial charge in [-0.15, -0.1) is 10.2 Å². The van der Waals surface area contributed by atoms with Crippen molar-refractivity contribution >= 4 is 17.7 Å². The van der Waals surface area contributed by atoms with Gasteiger partial charge in [0.1, 0.15) is 11.6 Å². The molecule has 0 N–H and O–H groups in total. The molecule has 3 rings (SSSR count). The molecule has 2 aromatic rings. The van der Waals surface area contributed by atoms with E-state index in [4.69, 9.17) is 9.15 Å². The summed E-state index contributed by atoms with van der Waals surface area (Å²) in [5, 5.41) is 9.47. The Morgan fingerprint density at radius 2 is 2.30 bits per heavy atom. The van der Waals surface area contributed by atoms with E-state index in [-0.39, 0.29) is 12.1 Å². The zero-order valence-electron chi connectivity index (χ0n) is 13.4. The van der Waals surface area contributed by atoms with Crippen LogP contribution in [0.1, 0.15) is 50.6 Å². The van der Waals surface area contributed by atoms with E-state index in [2.05, 4.69) is 14.8 Å². The Kier molecular flexibility index (Phi) is 5.05. The number of hydrogen-bond donors (Lipinski definition) is 0. The summed E-state index contributed by atoms with van der Waals surface area (Å²) in [6.45, 7) is 4.34. The van der Waals surface area contributed by atoms with Gasteiger partial charge in [-0.1, -0.05) is 11.8 Å². The van der Waals surface area contributed by atoms with Crippen molar-refractivity contribution < 1.29 is 13.9 Å². The van der Waals surface area contributed by atoms with Crippen molar-refractivity contribution in [3.05, 3.63) is 30.0 Å². The topological polar surface area (TPSA) is 70.2 Å². The quantitative estimate of drug-likeness (QED) is 0.545. The molecule has 0 bridgehead atoms. The van der Waals surface area contributed by atoms with E-state index in [0.29, 0.717) is 24.6 Å². The van der Waals surface area contributed by atoms with E-state index in [1.165, 1.54) is 24.6 Å². The summed E-state index contributed by atoms with van der Waals surface area (Å²) in [6, 6.07) is 3.83. The summed E-state index contributed by atoms with van der Waals surface area (Å²) in [4.78, 5) is 11.6. The van der Waals surface area contributed by atoms with Crippen molar-refractivity contribution in [3.63, 3.8) is 0 Å². The number of nitrogens with zero attached hydrogens (tertiary/aromatic N) is 3. The van der Waals surface area contributed by atoms with Crippen LogP contribution in [0, 0.1) is 0 Å². The normalized spacial score (nSPS) is 14.4. The number of furan rings is 1. The molecule has 1 aliphatic rings. The molecular formula is C16H21N3O3S. The molecule has 1 aliphatic carbocycles. The van der Waals surface area contributed by atoms with E-state index in [0.717, 1.165) is 16.7 Å². The monoisotopic (exact) mass is 335 g/mol. The molecule has 7 heteroatoms. The van der Waals surface area contributed by atoms with Crippen molar-refractivity contribution in [2.75, 3.05) is 5.75 Å². The summed E-state index contributed by atoms with van der Waals surface area (Å²) in [5.41, 5.74) is 0. The fourth-order valence-corrected chi connectivity index (χ4v) is 3.17. The first-order valence-electron chi connectivity index (χ1n) is 7.91. The number of carbonyl (C=O) groups is 1. The van der Waals surface area contributed by atoms with Gasteiger partial charge in [0.15, 0.2) is 5.16 Å². The lowest BCUT2D eigenvalue weighted by atomic mass is 10.3. The number of aromatic nitrogens is 3. The highest BCUT2D eigenvalue weighted by molar-refractivity contribution is 7.99. The Balaban J connectivity index is 1.63. The second kappa shape index (κ2) is 7.21. The zero-order valence-corrected chi connectivity index (χ0v) is 14.2. The van der Waals surface area contributed by atoms with Gasteiger partial charge in [-0.2, -0.15) is 0 Å². The van der Waals surface area contributed by atoms with Gasteiger partial charge in [-0.3, -0.25) is 9.36 Å². The Labute approximate surface area is 139 Å². The van der Waals surface area contributed by atoms with Crippen molar-refractivity contribution in [1.82, 2.24) is 14.8 Å². The summed E-state index contributed by atoms with van der Waals surface area (Å²) < 4.78 is 12.7. The molecular weight excluding hydrogens is 314 g/mol. The SMILES string of the molecule is CC(C)OC(=O)CCSc1nnc(C2CC2)n1Cc1ccco1. The van der Waals surface area contributed by atoms with Crippen LogP contribution in [0.3, 0.4) is 0 Å². The molecule has 23 heavy (non-hydrogen) atoms. The maximum absolute atomic E-state index is 11.6. The van der Waals surface area contributed by atoms with Gasteiger partial charge in [0.2, 0.25) is 0 Å². The van der Waals surface area contributed by atoms with Crippen LogP contribution in [0.25, 0.3) is 0 Å². The molecule has 6 nitrogen and oxygen atoms in total. The van der Waals surface area contributed by atoms with E-state index < -0.39 is 0 Å². The Morgan fingerprint density at radius 3 is 2.96 bits per heavy atom. The number of ether oxygens (including phenoxy) is 1. The highest BCUT2D eigenvalue weighted by Crippen LogP contribution is 2.40. The first kappa shape index (κ1) is 16.1. The molecule has 1 fully saturated rings. The third-order valence-electron chi connectivity index (χ3n) is 3.49. The van der Waals surface area contributed by atoms with Crippen molar-refractivity contribution in [2.24, 2.45) is 0 Å². The molecule has 2 aromatic heterocycles. The van der Waals surface area contributed by atoms with Crippen molar-refractivity contribution in [1.29, 1.82) is 0 Å². The first-order valence-corrected chi connectivity index (χ1v) is 8.90. The van der Waals surface area contributed by atoms with Crippen LogP contribution in [0.15, 0.2) is 28.0 Å². The fourth-order valence-electron chi connectivity index (χ4n) is 2.30. The minimum absolute atomic E-state index is 0.0726. The van der Waals surface area contributed by atoms with E-state index in [1.807, 2.05) is 26.0 Å². The number of hydrogen-bond acceptors (Lipinski definition) is 6. The molecule has 2 heterocycles.